The van der Waals surface area contributed by atoms with Crippen LogP contribution < -0.4 is 10.9 Å². The first-order valence-corrected chi connectivity index (χ1v) is 13.5. The Kier molecular flexibility index (Phi) is 7.82. The molecule has 0 saturated carbocycles. The number of aromatic nitrogens is 2. The van der Waals surface area contributed by atoms with Gasteiger partial charge in [-0.05, 0) is 30.7 Å². The van der Waals surface area contributed by atoms with Gasteiger partial charge < -0.3 is 15.2 Å². The number of rotatable bonds is 8. The lowest BCUT2D eigenvalue weighted by atomic mass is 10.0. The maximum Gasteiger partial charge on any atom is 0.317 e. The average molecular weight is 488 g/mol. The summed E-state index contributed by atoms with van der Waals surface area (Å²) in [4.78, 5) is 39.1. The van der Waals surface area contributed by atoms with Crippen molar-refractivity contribution in [1.82, 2.24) is 25.1 Å². The molecule has 0 aliphatic carbocycles. The number of nitrogens with one attached hydrogen (secondary N) is 2. The van der Waals surface area contributed by atoms with Gasteiger partial charge in [-0.2, -0.15) is 0 Å². The number of urea groups is 1. The van der Waals surface area contributed by atoms with E-state index in [0.29, 0.717) is 36.8 Å². The molecule has 3 aromatic rings. The maximum absolute atomic E-state index is 12.8. The Hall–Kier alpha value is -2.23. The lowest BCUT2D eigenvalue weighted by Gasteiger charge is -2.35. The highest BCUT2D eigenvalue weighted by atomic mass is 32.1. The van der Waals surface area contributed by atoms with Crippen LogP contribution in [0.25, 0.3) is 20.7 Å². The summed E-state index contributed by atoms with van der Waals surface area (Å²) in [6.07, 6.45) is 3.35. The van der Waals surface area contributed by atoms with Crippen LogP contribution in [-0.4, -0.2) is 58.0 Å². The van der Waals surface area contributed by atoms with Gasteiger partial charge in [-0.25, -0.2) is 9.78 Å². The molecule has 178 valence electrons. The number of hydrogen-bond acceptors (Lipinski definition) is 6. The zero-order valence-corrected chi connectivity index (χ0v) is 21.2. The van der Waals surface area contributed by atoms with E-state index in [9.17, 15) is 9.59 Å². The molecule has 0 aromatic carbocycles. The molecule has 0 radical (unpaired) electrons. The molecule has 4 heterocycles. The van der Waals surface area contributed by atoms with Crippen LogP contribution in [0.1, 0.15) is 45.9 Å². The Morgan fingerprint density at radius 1 is 1.18 bits per heavy atom. The van der Waals surface area contributed by atoms with Crippen LogP contribution in [0.3, 0.4) is 0 Å². The van der Waals surface area contributed by atoms with Crippen LogP contribution in [-0.2, 0) is 6.54 Å². The summed E-state index contributed by atoms with van der Waals surface area (Å²) in [5.74, 6) is 1.39. The molecule has 2 N–H and O–H groups in total. The van der Waals surface area contributed by atoms with E-state index >= 15 is 0 Å². The molecule has 2 amide bonds. The van der Waals surface area contributed by atoms with E-state index < -0.39 is 0 Å². The molecule has 1 atom stereocenters. The van der Waals surface area contributed by atoms with Gasteiger partial charge in [0.15, 0.2) is 0 Å². The van der Waals surface area contributed by atoms with E-state index in [-0.39, 0.29) is 17.6 Å². The van der Waals surface area contributed by atoms with Crippen molar-refractivity contribution in [2.24, 2.45) is 5.92 Å². The van der Waals surface area contributed by atoms with Gasteiger partial charge >= 0.3 is 6.03 Å². The van der Waals surface area contributed by atoms with Crippen LogP contribution in [0.15, 0.2) is 27.7 Å². The minimum atomic E-state index is -0.0795. The van der Waals surface area contributed by atoms with E-state index in [4.69, 9.17) is 4.98 Å². The Labute approximate surface area is 202 Å². The van der Waals surface area contributed by atoms with Crippen LogP contribution in [0.5, 0.6) is 0 Å². The first-order chi connectivity index (χ1) is 15.9. The third-order valence-electron chi connectivity index (χ3n) is 6.10. The third-order valence-corrected chi connectivity index (χ3v) is 7.88. The van der Waals surface area contributed by atoms with Crippen LogP contribution in [0, 0.1) is 5.92 Å². The molecule has 0 bridgehead atoms. The van der Waals surface area contributed by atoms with Gasteiger partial charge in [-0.15, -0.1) is 22.7 Å². The minimum Gasteiger partial charge on any atom is -0.336 e. The molecular weight excluding hydrogens is 454 g/mol. The highest BCUT2D eigenvalue weighted by Gasteiger charge is 2.23. The van der Waals surface area contributed by atoms with Gasteiger partial charge in [-0.1, -0.05) is 32.8 Å². The molecule has 33 heavy (non-hydrogen) atoms. The molecule has 7 nitrogen and oxygen atoms in total. The third kappa shape index (κ3) is 6.02. The molecule has 1 unspecified atom stereocenters. The highest BCUT2D eigenvalue weighted by molar-refractivity contribution is 7.18. The summed E-state index contributed by atoms with van der Waals surface area (Å²) in [6.45, 7) is 10.0. The SMILES string of the molecule is CC(C)CCCC(C)NC(=O)N1CCN(Cc2nc3scc(-c4cccs4)c3c(=O)[nH]2)CC1. The van der Waals surface area contributed by atoms with Crippen LogP contribution in [0.4, 0.5) is 4.79 Å². The van der Waals surface area contributed by atoms with E-state index in [2.05, 4.69) is 36.0 Å². The molecule has 9 heteroatoms. The summed E-state index contributed by atoms with van der Waals surface area (Å²) >= 11 is 3.14. The van der Waals surface area contributed by atoms with Gasteiger partial charge in [0, 0.05) is 48.0 Å². The molecule has 1 fully saturated rings. The molecule has 0 spiro atoms. The normalized spacial score (nSPS) is 15.9. The summed E-state index contributed by atoms with van der Waals surface area (Å²) in [5, 5.41) is 7.85. The van der Waals surface area contributed by atoms with Crippen molar-refractivity contribution >= 4 is 38.9 Å². The van der Waals surface area contributed by atoms with Crippen molar-refractivity contribution < 1.29 is 4.79 Å². The minimum absolute atomic E-state index is 0.0272. The second kappa shape index (κ2) is 10.8. The van der Waals surface area contributed by atoms with Crippen molar-refractivity contribution in [3.05, 3.63) is 39.1 Å². The quantitative estimate of drug-likeness (QED) is 0.480. The number of H-pyrrole nitrogens is 1. The van der Waals surface area contributed by atoms with Gasteiger partial charge in [0.2, 0.25) is 0 Å². The lowest BCUT2D eigenvalue weighted by molar-refractivity contribution is 0.131. The molecule has 3 aromatic heterocycles. The number of thiophene rings is 2. The fourth-order valence-electron chi connectivity index (χ4n) is 4.21. The number of fused-ring (bicyclic) bond motifs is 1. The summed E-state index contributed by atoms with van der Waals surface area (Å²) < 4.78 is 0. The Morgan fingerprint density at radius 2 is 1.97 bits per heavy atom. The van der Waals surface area contributed by atoms with E-state index in [1.807, 2.05) is 27.8 Å². The van der Waals surface area contributed by atoms with Crippen molar-refractivity contribution in [3.63, 3.8) is 0 Å². The highest BCUT2D eigenvalue weighted by Crippen LogP contribution is 2.33. The number of nitrogens with zero attached hydrogens (tertiary/aromatic N) is 3. The number of carbonyl (C=O) groups excluding carboxylic acids is 1. The molecular formula is C24H33N5O2S2. The number of aromatic amines is 1. The average Bonchev–Trinajstić information content (AvgIpc) is 3.44. The lowest BCUT2D eigenvalue weighted by Crippen LogP contribution is -2.53. The topological polar surface area (TPSA) is 81.3 Å². The summed E-state index contributed by atoms with van der Waals surface area (Å²) in [5.41, 5.74) is 0.882. The zero-order chi connectivity index (χ0) is 23.4. The fraction of sp³-hybridized carbons (Fsp3) is 0.542. The largest absolute Gasteiger partial charge is 0.336 e. The standard InChI is InChI=1S/C24H33N5O2S2/c1-16(2)6-4-7-17(3)25-24(31)29-11-9-28(10-12-29)14-20-26-22(30)21-18(15-33-23(21)27-20)19-8-5-13-32-19/h5,8,13,15-17H,4,6-7,9-12,14H2,1-3H3,(H,25,31)(H,26,27,30). The van der Waals surface area contributed by atoms with E-state index in [1.54, 1.807) is 11.3 Å². The number of carbonyl (C=O) groups is 1. The maximum atomic E-state index is 12.8. The van der Waals surface area contributed by atoms with Crippen LogP contribution >= 0.6 is 22.7 Å². The first kappa shape index (κ1) is 23.9. The fourth-order valence-corrected chi connectivity index (χ4v) is 5.99. The Balaban J connectivity index is 1.30. The first-order valence-electron chi connectivity index (χ1n) is 11.7. The second-order valence-electron chi connectivity index (χ2n) is 9.26. The van der Waals surface area contributed by atoms with Gasteiger partial charge in [0.05, 0.1) is 11.9 Å². The predicted molar refractivity (Wildman–Crippen MR) is 137 cm³/mol. The number of hydrogen-bond donors (Lipinski definition) is 2. The summed E-state index contributed by atoms with van der Waals surface area (Å²) in [7, 11) is 0. The van der Waals surface area contributed by atoms with Gasteiger partial charge in [0.1, 0.15) is 10.7 Å². The molecule has 1 aliphatic rings. The predicted octanol–water partition coefficient (Wildman–Crippen LogP) is 4.76. The monoisotopic (exact) mass is 487 g/mol. The Morgan fingerprint density at radius 3 is 2.67 bits per heavy atom. The van der Waals surface area contributed by atoms with Gasteiger partial charge in [0.25, 0.3) is 5.56 Å². The molecule has 1 saturated heterocycles. The number of amides is 2. The Bertz CT molecular complexity index is 1110. The van der Waals surface area contributed by atoms with Crippen molar-refractivity contribution in [1.29, 1.82) is 0 Å². The van der Waals surface area contributed by atoms with Crippen molar-refractivity contribution in [2.75, 3.05) is 26.2 Å². The van der Waals surface area contributed by atoms with E-state index in [0.717, 1.165) is 41.2 Å². The second-order valence-corrected chi connectivity index (χ2v) is 11.1. The summed E-state index contributed by atoms with van der Waals surface area (Å²) in [6, 6.07) is 4.24. The van der Waals surface area contributed by atoms with Gasteiger partial charge in [-0.3, -0.25) is 9.69 Å². The van der Waals surface area contributed by atoms with Crippen LogP contribution in [0.2, 0.25) is 0 Å². The zero-order valence-electron chi connectivity index (χ0n) is 19.6. The van der Waals surface area contributed by atoms with Crippen molar-refractivity contribution in [3.8, 4) is 10.4 Å². The molecule has 4 rings (SSSR count). The van der Waals surface area contributed by atoms with E-state index in [1.165, 1.54) is 17.8 Å². The number of piperazine rings is 1. The van der Waals surface area contributed by atoms with Crippen molar-refractivity contribution in [2.45, 2.75) is 52.6 Å². The smallest absolute Gasteiger partial charge is 0.317 e. The molecule has 1 aliphatic heterocycles.